The zero-order chi connectivity index (χ0) is 14.9. The van der Waals surface area contributed by atoms with Gasteiger partial charge in [-0.3, -0.25) is 4.90 Å². The second kappa shape index (κ2) is 5.97. The summed E-state index contributed by atoms with van der Waals surface area (Å²) in [5.74, 6) is 2.63. The number of aromatic nitrogens is 2. The van der Waals surface area contributed by atoms with Crippen LogP contribution in [-0.4, -0.2) is 34.0 Å². The van der Waals surface area contributed by atoms with E-state index in [1.54, 1.807) is 0 Å². The number of thiophene rings is 1. The molecule has 0 radical (unpaired) electrons. The largest absolute Gasteiger partial charge is 0.366 e. The van der Waals surface area contributed by atoms with Crippen LogP contribution in [0.1, 0.15) is 40.8 Å². The van der Waals surface area contributed by atoms with E-state index < -0.39 is 0 Å². The van der Waals surface area contributed by atoms with Crippen molar-refractivity contribution >= 4 is 17.2 Å². The molecule has 22 heavy (non-hydrogen) atoms. The van der Waals surface area contributed by atoms with Crippen molar-refractivity contribution in [1.82, 2.24) is 14.9 Å². The zero-order valence-corrected chi connectivity index (χ0v) is 13.8. The molecule has 1 aliphatic heterocycles. The highest BCUT2D eigenvalue weighted by molar-refractivity contribution is 7.11. The highest BCUT2D eigenvalue weighted by Gasteiger charge is 2.27. The molecule has 0 bridgehead atoms. The minimum atomic E-state index is 0.503. The first-order valence-electron chi connectivity index (χ1n) is 8.13. The fourth-order valence-electron chi connectivity index (χ4n) is 3.09. The van der Waals surface area contributed by atoms with Crippen LogP contribution in [0.2, 0.25) is 0 Å². The minimum Gasteiger partial charge on any atom is -0.366 e. The minimum absolute atomic E-state index is 0.503. The Hall–Kier alpha value is -1.46. The van der Waals surface area contributed by atoms with Gasteiger partial charge in [-0.05, 0) is 44.4 Å². The molecule has 4 rings (SSSR count). The molecule has 1 unspecified atom stereocenters. The summed E-state index contributed by atoms with van der Waals surface area (Å²) in [6.07, 6.45) is 5.58. The van der Waals surface area contributed by atoms with Gasteiger partial charge in [-0.2, -0.15) is 0 Å². The van der Waals surface area contributed by atoms with Gasteiger partial charge in [0.2, 0.25) is 0 Å². The summed E-state index contributed by atoms with van der Waals surface area (Å²) in [6, 6.07) is 6.97. The number of likely N-dealkylation sites (tertiary alicyclic amines) is 1. The standard InChI is InChI=1S/C17H22N4S/c1-12-2-5-15(22-12)11-21-9-7-14(10-21)19-16-6-8-18-17(20-16)13-3-4-13/h2,5-6,8,13-14H,3-4,7,9-11H2,1H3,(H,18,19,20). The molecule has 0 aromatic carbocycles. The summed E-state index contributed by atoms with van der Waals surface area (Å²) < 4.78 is 0. The van der Waals surface area contributed by atoms with Crippen molar-refractivity contribution in [1.29, 1.82) is 0 Å². The Morgan fingerprint density at radius 2 is 2.18 bits per heavy atom. The molecular formula is C17H22N4S. The lowest BCUT2D eigenvalue weighted by molar-refractivity contribution is 0.331. The lowest BCUT2D eigenvalue weighted by Crippen LogP contribution is -2.26. The van der Waals surface area contributed by atoms with E-state index in [9.17, 15) is 0 Å². The molecule has 1 saturated heterocycles. The Morgan fingerprint density at radius 3 is 2.95 bits per heavy atom. The summed E-state index contributed by atoms with van der Waals surface area (Å²) in [5.41, 5.74) is 0. The smallest absolute Gasteiger partial charge is 0.133 e. The predicted molar refractivity (Wildman–Crippen MR) is 90.4 cm³/mol. The van der Waals surface area contributed by atoms with Crippen LogP contribution < -0.4 is 5.32 Å². The van der Waals surface area contributed by atoms with E-state index >= 15 is 0 Å². The third kappa shape index (κ3) is 3.31. The maximum absolute atomic E-state index is 4.67. The van der Waals surface area contributed by atoms with Gasteiger partial charge >= 0.3 is 0 Å². The third-order valence-electron chi connectivity index (χ3n) is 4.42. The lowest BCUT2D eigenvalue weighted by atomic mass is 10.2. The average Bonchev–Trinajstić information content (AvgIpc) is 3.16. The molecule has 5 heteroatoms. The van der Waals surface area contributed by atoms with Gasteiger partial charge in [0.25, 0.3) is 0 Å². The predicted octanol–water partition coefficient (Wildman–Crippen LogP) is 3.41. The number of nitrogens with zero attached hydrogens (tertiary/aromatic N) is 3. The van der Waals surface area contributed by atoms with Crippen molar-refractivity contribution < 1.29 is 0 Å². The fraction of sp³-hybridized carbons (Fsp3) is 0.529. The van der Waals surface area contributed by atoms with Crippen LogP contribution in [0.5, 0.6) is 0 Å². The summed E-state index contributed by atoms with van der Waals surface area (Å²) >= 11 is 1.91. The number of aryl methyl sites for hydroxylation is 1. The third-order valence-corrected chi connectivity index (χ3v) is 5.40. The van der Waals surface area contributed by atoms with Gasteiger partial charge in [0.05, 0.1) is 0 Å². The first-order valence-corrected chi connectivity index (χ1v) is 8.95. The molecule has 2 aliphatic rings. The Morgan fingerprint density at radius 1 is 1.27 bits per heavy atom. The lowest BCUT2D eigenvalue weighted by Gasteiger charge is -2.16. The van der Waals surface area contributed by atoms with E-state index in [-0.39, 0.29) is 0 Å². The normalized spacial score (nSPS) is 22.1. The molecule has 3 heterocycles. The highest BCUT2D eigenvalue weighted by atomic mass is 32.1. The zero-order valence-electron chi connectivity index (χ0n) is 13.0. The quantitative estimate of drug-likeness (QED) is 0.918. The first-order chi connectivity index (χ1) is 10.8. The Bertz CT molecular complexity index is 650. The Labute approximate surface area is 135 Å². The van der Waals surface area contributed by atoms with Crippen LogP contribution in [0.4, 0.5) is 5.82 Å². The molecule has 2 fully saturated rings. The SMILES string of the molecule is Cc1ccc(CN2CCC(Nc3ccnc(C4CC4)n3)C2)s1. The molecule has 0 amide bonds. The molecule has 1 aliphatic carbocycles. The van der Waals surface area contributed by atoms with Crippen molar-refractivity contribution in [2.24, 2.45) is 0 Å². The van der Waals surface area contributed by atoms with Crippen molar-refractivity contribution in [2.75, 3.05) is 18.4 Å². The molecule has 116 valence electrons. The van der Waals surface area contributed by atoms with Crippen LogP contribution in [0.25, 0.3) is 0 Å². The van der Waals surface area contributed by atoms with E-state index in [4.69, 9.17) is 0 Å². The van der Waals surface area contributed by atoms with Gasteiger partial charge in [0.1, 0.15) is 11.6 Å². The number of nitrogens with one attached hydrogen (secondary N) is 1. The molecule has 2 aromatic rings. The second-order valence-electron chi connectivity index (χ2n) is 6.45. The van der Waals surface area contributed by atoms with Crippen molar-refractivity contribution in [3.8, 4) is 0 Å². The second-order valence-corrected chi connectivity index (χ2v) is 7.82. The van der Waals surface area contributed by atoms with Crippen LogP contribution in [-0.2, 0) is 6.54 Å². The average molecular weight is 314 g/mol. The fourth-order valence-corrected chi connectivity index (χ4v) is 4.02. The van der Waals surface area contributed by atoms with E-state index in [2.05, 4.69) is 39.2 Å². The monoisotopic (exact) mass is 314 g/mol. The van der Waals surface area contributed by atoms with Gasteiger partial charge in [-0.15, -0.1) is 11.3 Å². The maximum atomic E-state index is 4.67. The summed E-state index contributed by atoms with van der Waals surface area (Å²) in [4.78, 5) is 14.5. The molecule has 1 N–H and O–H groups in total. The van der Waals surface area contributed by atoms with Crippen molar-refractivity contribution in [2.45, 2.75) is 44.7 Å². The Kier molecular flexibility index (Phi) is 3.84. The van der Waals surface area contributed by atoms with E-state index in [1.165, 1.54) is 29.0 Å². The molecule has 1 atom stereocenters. The van der Waals surface area contributed by atoms with Gasteiger partial charge in [0, 0.05) is 47.5 Å². The van der Waals surface area contributed by atoms with E-state index in [0.29, 0.717) is 12.0 Å². The van der Waals surface area contributed by atoms with Gasteiger partial charge < -0.3 is 5.32 Å². The number of hydrogen-bond acceptors (Lipinski definition) is 5. The summed E-state index contributed by atoms with van der Waals surface area (Å²) in [7, 11) is 0. The van der Waals surface area contributed by atoms with Crippen LogP contribution in [0.3, 0.4) is 0 Å². The van der Waals surface area contributed by atoms with Crippen LogP contribution >= 0.6 is 11.3 Å². The number of anilines is 1. The van der Waals surface area contributed by atoms with Gasteiger partial charge in [-0.25, -0.2) is 9.97 Å². The molecule has 2 aromatic heterocycles. The Balaban J connectivity index is 1.33. The number of hydrogen-bond donors (Lipinski definition) is 1. The van der Waals surface area contributed by atoms with Gasteiger partial charge in [0.15, 0.2) is 0 Å². The van der Waals surface area contributed by atoms with Crippen molar-refractivity contribution in [3.63, 3.8) is 0 Å². The molecule has 4 nitrogen and oxygen atoms in total. The van der Waals surface area contributed by atoms with E-state index in [0.717, 1.165) is 31.3 Å². The summed E-state index contributed by atoms with van der Waals surface area (Å²) in [5, 5.41) is 3.60. The highest BCUT2D eigenvalue weighted by Crippen LogP contribution is 2.38. The summed E-state index contributed by atoms with van der Waals surface area (Å²) in [6.45, 7) is 5.51. The first kappa shape index (κ1) is 14.2. The maximum Gasteiger partial charge on any atom is 0.133 e. The van der Waals surface area contributed by atoms with Crippen LogP contribution in [0, 0.1) is 6.92 Å². The van der Waals surface area contributed by atoms with Crippen molar-refractivity contribution in [3.05, 3.63) is 40.0 Å². The molecule has 0 spiro atoms. The molecule has 1 saturated carbocycles. The molecular weight excluding hydrogens is 292 g/mol. The van der Waals surface area contributed by atoms with Gasteiger partial charge in [-0.1, -0.05) is 0 Å². The topological polar surface area (TPSA) is 41.0 Å². The number of rotatable bonds is 5. The van der Waals surface area contributed by atoms with Crippen LogP contribution in [0.15, 0.2) is 24.4 Å². The van der Waals surface area contributed by atoms with E-state index in [1.807, 2.05) is 23.6 Å².